The quantitative estimate of drug-likeness (QED) is 0.714. The lowest BCUT2D eigenvalue weighted by Gasteiger charge is -2.19. The summed E-state index contributed by atoms with van der Waals surface area (Å²) in [4.78, 5) is 2.09. The number of halogens is 2. The zero-order valence-electron chi connectivity index (χ0n) is 9.62. The smallest absolute Gasteiger partial charge is 0.123 e. The molecule has 1 rings (SSSR count). The van der Waals surface area contributed by atoms with Crippen molar-refractivity contribution in [3.63, 3.8) is 0 Å². The van der Waals surface area contributed by atoms with Crippen LogP contribution in [0.25, 0.3) is 0 Å². The molecule has 0 aliphatic heterocycles. The Kier molecular flexibility index (Phi) is 5.74. The summed E-state index contributed by atoms with van der Waals surface area (Å²) in [6.45, 7) is 2.04. The molecule has 0 aliphatic carbocycles. The molecule has 90 valence electrons. The summed E-state index contributed by atoms with van der Waals surface area (Å²) in [5.74, 6) is -0.207. The van der Waals surface area contributed by atoms with Gasteiger partial charge in [-0.15, -0.1) is 11.6 Å². The maximum absolute atomic E-state index is 12.7. The average molecular weight is 246 g/mol. The molecule has 1 aromatic rings. The molecule has 1 unspecified atom stereocenters. The molecule has 0 spiro atoms. The predicted molar refractivity (Wildman–Crippen MR) is 64.3 cm³/mol. The lowest BCUT2D eigenvalue weighted by atomic mass is 10.2. The number of nitrogens with zero attached hydrogens (tertiary/aromatic N) is 1. The SMILES string of the molecule is COCC(Cl)CN(C)Cc1ccc(F)cc1. The minimum absolute atomic E-state index is 0.0181. The van der Waals surface area contributed by atoms with Gasteiger partial charge in [-0.05, 0) is 24.7 Å². The number of benzene rings is 1. The van der Waals surface area contributed by atoms with E-state index in [-0.39, 0.29) is 11.2 Å². The Hall–Kier alpha value is -0.640. The minimum Gasteiger partial charge on any atom is -0.383 e. The fraction of sp³-hybridized carbons (Fsp3) is 0.500. The number of alkyl halides is 1. The van der Waals surface area contributed by atoms with Crippen LogP contribution in [-0.4, -0.2) is 37.6 Å². The van der Waals surface area contributed by atoms with Crippen molar-refractivity contribution >= 4 is 11.6 Å². The van der Waals surface area contributed by atoms with Gasteiger partial charge in [-0.25, -0.2) is 4.39 Å². The third-order valence-electron chi connectivity index (χ3n) is 2.22. The summed E-state index contributed by atoms with van der Waals surface area (Å²) in [7, 11) is 3.61. The van der Waals surface area contributed by atoms with Gasteiger partial charge in [-0.1, -0.05) is 12.1 Å². The second-order valence-electron chi connectivity index (χ2n) is 3.88. The summed E-state index contributed by atoms with van der Waals surface area (Å²) >= 11 is 6.04. The van der Waals surface area contributed by atoms with E-state index in [0.29, 0.717) is 6.61 Å². The molecular formula is C12H17ClFNO. The number of hydrogen-bond acceptors (Lipinski definition) is 2. The van der Waals surface area contributed by atoms with Gasteiger partial charge >= 0.3 is 0 Å². The molecule has 1 atom stereocenters. The van der Waals surface area contributed by atoms with Crippen molar-refractivity contribution in [3.8, 4) is 0 Å². The highest BCUT2D eigenvalue weighted by molar-refractivity contribution is 6.20. The Morgan fingerprint density at radius 2 is 2.00 bits per heavy atom. The molecule has 16 heavy (non-hydrogen) atoms. The van der Waals surface area contributed by atoms with Crippen molar-refractivity contribution in [1.82, 2.24) is 4.90 Å². The van der Waals surface area contributed by atoms with Crippen LogP contribution in [0.15, 0.2) is 24.3 Å². The molecule has 0 fully saturated rings. The van der Waals surface area contributed by atoms with Crippen LogP contribution in [0.4, 0.5) is 4.39 Å². The van der Waals surface area contributed by atoms with Crippen LogP contribution in [-0.2, 0) is 11.3 Å². The third kappa shape index (κ3) is 4.92. The average Bonchev–Trinajstić information content (AvgIpc) is 2.21. The summed E-state index contributed by atoms with van der Waals surface area (Å²) in [6, 6.07) is 6.50. The van der Waals surface area contributed by atoms with Crippen LogP contribution in [0.2, 0.25) is 0 Å². The van der Waals surface area contributed by atoms with E-state index in [9.17, 15) is 4.39 Å². The predicted octanol–water partition coefficient (Wildman–Crippen LogP) is 2.51. The van der Waals surface area contributed by atoms with Gasteiger partial charge in [0.2, 0.25) is 0 Å². The van der Waals surface area contributed by atoms with Gasteiger partial charge in [0.25, 0.3) is 0 Å². The minimum atomic E-state index is -0.207. The van der Waals surface area contributed by atoms with Gasteiger partial charge in [0.1, 0.15) is 5.82 Å². The molecule has 0 saturated carbocycles. The van der Waals surface area contributed by atoms with Crippen LogP contribution in [0.3, 0.4) is 0 Å². The maximum atomic E-state index is 12.7. The van der Waals surface area contributed by atoms with Gasteiger partial charge in [-0.3, -0.25) is 0 Å². The van der Waals surface area contributed by atoms with Crippen molar-refractivity contribution in [2.24, 2.45) is 0 Å². The summed E-state index contributed by atoms with van der Waals surface area (Å²) in [6.07, 6.45) is 0. The van der Waals surface area contributed by atoms with E-state index in [1.54, 1.807) is 19.2 Å². The Morgan fingerprint density at radius 1 is 1.38 bits per heavy atom. The first-order valence-electron chi connectivity index (χ1n) is 5.18. The van der Waals surface area contributed by atoms with Gasteiger partial charge in [0.05, 0.1) is 12.0 Å². The van der Waals surface area contributed by atoms with Gasteiger partial charge in [0.15, 0.2) is 0 Å². The normalized spacial score (nSPS) is 13.1. The van der Waals surface area contributed by atoms with Crippen LogP contribution in [0.5, 0.6) is 0 Å². The highest BCUT2D eigenvalue weighted by Crippen LogP contribution is 2.07. The molecule has 4 heteroatoms. The largest absolute Gasteiger partial charge is 0.383 e. The van der Waals surface area contributed by atoms with E-state index in [0.717, 1.165) is 18.7 Å². The van der Waals surface area contributed by atoms with Crippen molar-refractivity contribution in [3.05, 3.63) is 35.6 Å². The highest BCUT2D eigenvalue weighted by Gasteiger charge is 2.08. The Balaban J connectivity index is 2.39. The summed E-state index contributed by atoms with van der Waals surface area (Å²) in [5.41, 5.74) is 1.07. The van der Waals surface area contributed by atoms with Gasteiger partial charge in [-0.2, -0.15) is 0 Å². The zero-order chi connectivity index (χ0) is 12.0. The fourth-order valence-corrected chi connectivity index (χ4v) is 1.90. The van der Waals surface area contributed by atoms with Crippen LogP contribution < -0.4 is 0 Å². The first-order chi connectivity index (χ1) is 7.61. The van der Waals surface area contributed by atoms with E-state index >= 15 is 0 Å². The third-order valence-corrected chi connectivity index (χ3v) is 2.49. The molecule has 2 nitrogen and oxygen atoms in total. The van der Waals surface area contributed by atoms with Crippen LogP contribution in [0, 0.1) is 5.82 Å². The molecule has 0 aromatic heterocycles. The Labute approximate surface area is 101 Å². The van der Waals surface area contributed by atoms with E-state index in [1.807, 2.05) is 7.05 Å². The van der Waals surface area contributed by atoms with Crippen LogP contribution in [0.1, 0.15) is 5.56 Å². The Morgan fingerprint density at radius 3 is 2.56 bits per heavy atom. The Bertz CT molecular complexity index is 304. The molecule has 0 aliphatic rings. The van der Waals surface area contributed by atoms with Crippen LogP contribution >= 0.6 is 11.6 Å². The number of rotatable bonds is 6. The standard InChI is InChI=1S/C12H17ClFNO/c1-15(8-11(13)9-16-2)7-10-3-5-12(14)6-4-10/h3-6,11H,7-9H2,1-2H3. The maximum Gasteiger partial charge on any atom is 0.123 e. The van der Waals surface area contributed by atoms with E-state index in [1.165, 1.54) is 12.1 Å². The molecule has 0 radical (unpaired) electrons. The molecule has 0 N–H and O–H groups in total. The molecule has 0 heterocycles. The summed E-state index contributed by atoms with van der Waals surface area (Å²) < 4.78 is 17.6. The molecule has 0 saturated heterocycles. The van der Waals surface area contributed by atoms with E-state index in [4.69, 9.17) is 16.3 Å². The monoisotopic (exact) mass is 245 g/mol. The molecular weight excluding hydrogens is 229 g/mol. The van der Waals surface area contributed by atoms with Crippen molar-refractivity contribution in [2.75, 3.05) is 27.3 Å². The second kappa shape index (κ2) is 6.84. The lowest BCUT2D eigenvalue weighted by Crippen LogP contribution is -2.28. The number of hydrogen-bond donors (Lipinski definition) is 0. The van der Waals surface area contributed by atoms with Crippen molar-refractivity contribution < 1.29 is 9.13 Å². The first-order valence-corrected chi connectivity index (χ1v) is 5.61. The number of ether oxygens (including phenoxy) is 1. The summed E-state index contributed by atoms with van der Waals surface area (Å²) in [5, 5.41) is -0.0181. The fourth-order valence-electron chi connectivity index (χ4n) is 1.54. The topological polar surface area (TPSA) is 12.5 Å². The first kappa shape index (κ1) is 13.4. The van der Waals surface area contributed by atoms with E-state index < -0.39 is 0 Å². The van der Waals surface area contributed by atoms with Gasteiger partial charge < -0.3 is 9.64 Å². The number of methoxy groups -OCH3 is 1. The molecule has 0 amide bonds. The molecule has 0 bridgehead atoms. The van der Waals surface area contributed by atoms with Crippen molar-refractivity contribution in [2.45, 2.75) is 11.9 Å². The second-order valence-corrected chi connectivity index (χ2v) is 4.49. The highest BCUT2D eigenvalue weighted by atomic mass is 35.5. The molecule has 1 aromatic carbocycles. The van der Waals surface area contributed by atoms with E-state index in [2.05, 4.69) is 4.90 Å². The van der Waals surface area contributed by atoms with Crippen molar-refractivity contribution in [1.29, 1.82) is 0 Å². The lowest BCUT2D eigenvalue weighted by molar-refractivity contribution is 0.181. The van der Waals surface area contributed by atoms with Gasteiger partial charge in [0, 0.05) is 20.2 Å². The zero-order valence-corrected chi connectivity index (χ0v) is 10.4.